The lowest BCUT2D eigenvalue weighted by Gasteiger charge is -2.31. The molecule has 4 aromatic carbocycles. The third-order valence-electron chi connectivity index (χ3n) is 7.58. The summed E-state index contributed by atoms with van der Waals surface area (Å²) in [5.74, 6) is 0.695. The van der Waals surface area contributed by atoms with Crippen LogP contribution >= 0.6 is 0 Å². The van der Waals surface area contributed by atoms with E-state index in [1.807, 2.05) is 54.6 Å². The summed E-state index contributed by atoms with van der Waals surface area (Å²) in [6.07, 6.45) is -3.87. The monoisotopic (exact) mass is 570 g/mol. The van der Waals surface area contributed by atoms with Gasteiger partial charge in [0, 0.05) is 29.7 Å². The Bertz CT molecular complexity index is 1700. The number of ether oxygens (including phenoxy) is 1. The first kappa shape index (κ1) is 27.6. The summed E-state index contributed by atoms with van der Waals surface area (Å²) in [7, 11) is 0. The summed E-state index contributed by atoms with van der Waals surface area (Å²) in [6.45, 7) is 0.873. The van der Waals surface area contributed by atoms with Crippen LogP contribution in [0.4, 0.5) is 13.2 Å². The maximum Gasteiger partial charge on any atom is 0.416 e. The minimum absolute atomic E-state index is 0.0962. The van der Waals surface area contributed by atoms with Crippen LogP contribution in [0.3, 0.4) is 0 Å². The number of fused-ring (bicyclic) bond motifs is 3. The lowest BCUT2D eigenvalue weighted by atomic mass is 9.90. The van der Waals surface area contributed by atoms with E-state index >= 15 is 0 Å². The third-order valence-corrected chi connectivity index (χ3v) is 7.58. The number of aromatic nitrogens is 1. The van der Waals surface area contributed by atoms with Crippen molar-refractivity contribution < 1.29 is 22.7 Å². The Balaban J connectivity index is 1.22. The van der Waals surface area contributed by atoms with E-state index in [0.29, 0.717) is 31.0 Å². The Kier molecular flexibility index (Phi) is 7.45. The van der Waals surface area contributed by atoms with Crippen LogP contribution in [0.1, 0.15) is 39.6 Å². The first-order valence-electron chi connectivity index (χ1n) is 13.6. The molecule has 0 saturated carbocycles. The average Bonchev–Trinajstić information content (AvgIpc) is 3.39. The molecule has 9 heteroatoms. The number of nitrogens with one attached hydrogen (secondary N) is 3. The van der Waals surface area contributed by atoms with Gasteiger partial charge in [-0.2, -0.15) is 13.2 Å². The molecule has 2 heterocycles. The molecule has 5 N–H and O–H groups in total. The number of nitrogens with two attached hydrogens (primary N) is 1. The summed E-state index contributed by atoms with van der Waals surface area (Å²) >= 11 is 0. The van der Waals surface area contributed by atoms with Gasteiger partial charge in [-0.05, 0) is 71.1 Å². The number of halogens is 3. The molecule has 0 spiro atoms. The van der Waals surface area contributed by atoms with E-state index in [9.17, 15) is 18.0 Å². The van der Waals surface area contributed by atoms with Crippen LogP contribution in [0.25, 0.3) is 10.9 Å². The summed E-state index contributed by atoms with van der Waals surface area (Å²) in [4.78, 5) is 16.9. The molecule has 5 aromatic rings. The molecule has 42 heavy (non-hydrogen) atoms. The fraction of sp³-hybridized carbons (Fsp3) is 0.182. The Labute approximate surface area is 240 Å². The van der Waals surface area contributed by atoms with Crippen molar-refractivity contribution in [1.82, 2.24) is 15.6 Å². The van der Waals surface area contributed by atoms with Crippen molar-refractivity contribution in [2.45, 2.75) is 37.8 Å². The molecule has 6 nitrogen and oxygen atoms in total. The number of carbonyl (C=O) groups is 1. The van der Waals surface area contributed by atoms with E-state index in [2.05, 4.69) is 21.7 Å². The topological polar surface area (TPSA) is 92.2 Å². The van der Waals surface area contributed by atoms with Crippen molar-refractivity contribution in [3.05, 3.63) is 131 Å². The number of aromatic amines is 1. The first-order chi connectivity index (χ1) is 20.3. The zero-order chi connectivity index (χ0) is 29.3. The maximum absolute atomic E-state index is 13.4. The van der Waals surface area contributed by atoms with Gasteiger partial charge in [0.2, 0.25) is 5.91 Å². The molecule has 0 bridgehead atoms. The number of hydrogen-bond acceptors (Lipinski definition) is 4. The minimum Gasteiger partial charge on any atom is -0.457 e. The van der Waals surface area contributed by atoms with Crippen LogP contribution in [0.15, 0.2) is 97.1 Å². The van der Waals surface area contributed by atoms with Gasteiger partial charge in [0.15, 0.2) is 0 Å². The molecule has 1 amide bonds. The smallest absolute Gasteiger partial charge is 0.416 e. The van der Waals surface area contributed by atoms with Crippen LogP contribution < -0.4 is 21.1 Å². The van der Waals surface area contributed by atoms with E-state index in [0.717, 1.165) is 51.0 Å². The second-order valence-electron chi connectivity index (χ2n) is 10.4. The highest BCUT2D eigenvalue weighted by molar-refractivity contribution is 5.88. The quantitative estimate of drug-likeness (QED) is 0.183. The molecule has 1 aliphatic rings. The number of H-pyrrole nitrogens is 1. The van der Waals surface area contributed by atoms with E-state index in [1.165, 1.54) is 12.1 Å². The van der Waals surface area contributed by atoms with Gasteiger partial charge in [0.1, 0.15) is 11.5 Å². The zero-order valence-corrected chi connectivity index (χ0v) is 22.5. The van der Waals surface area contributed by atoms with Crippen LogP contribution in [-0.4, -0.2) is 16.9 Å². The van der Waals surface area contributed by atoms with Crippen molar-refractivity contribution in [3.8, 4) is 11.5 Å². The molecule has 0 fully saturated rings. The highest BCUT2D eigenvalue weighted by atomic mass is 19.4. The molecule has 6 rings (SSSR count). The van der Waals surface area contributed by atoms with Gasteiger partial charge < -0.3 is 20.8 Å². The molecular formula is C33H29F3N4O2. The Morgan fingerprint density at radius 2 is 1.52 bits per heavy atom. The largest absolute Gasteiger partial charge is 0.457 e. The highest BCUT2D eigenvalue weighted by Gasteiger charge is 2.34. The number of para-hydroxylation sites is 1. The predicted octanol–water partition coefficient (Wildman–Crippen LogP) is 6.36. The Morgan fingerprint density at radius 1 is 0.881 bits per heavy atom. The molecule has 2 atom stereocenters. The normalized spacial score (nSPS) is 16.7. The van der Waals surface area contributed by atoms with Gasteiger partial charge in [-0.1, -0.05) is 54.6 Å². The van der Waals surface area contributed by atoms with Gasteiger partial charge in [0.05, 0.1) is 17.6 Å². The molecule has 1 aliphatic heterocycles. The van der Waals surface area contributed by atoms with Gasteiger partial charge in [0.25, 0.3) is 0 Å². The van der Waals surface area contributed by atoms with Crippen LogP contribution in [-0.2, 0) is 30.5 Å². The Hall–Kier alpha value is -4.60. The fourth-order valence-electron chi connectivity index (χ4n) is 5.35. The summed E-state index contributed by atoms with van der Waals surface area (Å²) in [5.41, 5.74) is 11.0. The van der Waals surface area contributed by atoms with E-state index in [4.69, 9.17) is 10.5 Å². The SMILES string of the molecule is NCc1ccc(CNC(=O)C2Cc3c([nH]c4ccccc34)C(c3ccc(Oc4ccc(C(F)(F)F)cc4)cc3)N2)cc1. The highest BCUT2D eigenvalue weighted by Crippen LogP contribution is 2.36. The second-order valence-corrected chi connectivity index (χ2v) is 10.4. The molecule has 1 aromatic heterocycles. The lowest BCUT2D eigenvalue weighted by Crippen LogP contribution is -2.49. The molecule has 0 aliphatic carbocycles. The van der Waals surface area contributed by atoms with E-state index in [1.54, 1.807) is 12.1 Å². The van der Waals surface area contributed by atoms with Crippen molar-refractivity contribution in [3.63, 3.8) is 0 Å². The molecule has 0 radical (unpaired) electrons. The fourth-order valence-corrected chi connectivity index (χ4v) is 5.35. The van der Waals surface area contributed by atoms with Crippen LogP contribution in [0, 0.1) is 0 Å². The van der Waals surface area contributed by atoms with Gasteiger partial charge in [-0.25, -0.2) is 0 Å². The molecule has 2 unspecified atom stereocenters. The second kappa shape index (κ2) is 11.3. The maximum atomic E-state index is 13.4. The van der Waals surface area contributed by atoms with Crippen LogP contribution in [0.5, 0.6) is 11.5 Å². The summed E-state index contributed by atoms with van der Waals surface area (Å²) in [6, 6.07) is 27.0. The van der Waals surface area contributed by atoms with E-state index in [-0.39, 0.29) is 11.9 Å². The summed E-state index contributed by atoms with van der Waals surface area (Å²) in [5, 5.41) is 7.67. The number of carbonyl (C=O) groups excluding carboxylic acids is 1. The summed E-state index contributed by atoms with van der Waals surface area (Å²) < 4.78 is 44.4. The Morgan fingerprint density at radius 3 is 2.19 bits per heavy atom. The molecule has 0 saturated heterocycles. The number of amides is 1. The van der Waals surface area contributed by atoms with Gasteiger partial charge in [-0.15, -0.1) is 0 Å². The lowest BCUT2D eigenvalue weighted by molar-refractivity contribution is -0.137. The average molecular weight is 571 g/mol. The first-order valence-corrected chi connectivity index (χ1v) is 13.6. The molecule has 214 valence electrons. The predicted molar refractivity (Wildman–Crippen MR) is 155 cm³/mol. The van der Waals surface area contributed by atoms with Crippen molar-refractivity contribution in [2.24, 2.45) is 5.73 Å². The zero-order valence-electron chi connectivity index (χ0n) is 22.5. The molecular weight excluding hydrogens is 541 g/mol. The van der Waals surface area contributed by atoms with Crippen molar-refractivity contribution >= 4 is 16.8 Å². The van der Waals surface area contributed by atoms with Crippen LogP contribution in [0.2, 0.25) is 0 Å². The standard InChI is InChI=1S/C33H29F3N4O2/c34-33(35,36)23-11-15-25(16-12-23)42-24-13-9-22(10-14-24)30-31-27(26-3-1-2-4-28(26)39-31)17-29(40-30)32(41)38-19-21-7-5-20(18-37)6-8-21/h1-16,29-30,39-40H,17-19,37H2,(H,38,41). The third kappa shape index (κ3) is 5.74. The number of alkyl halides is 3. The van der Waals surface area contributed by atoms with E-state index < -0.39 is 17.8 Å². The van der Waals surface area contributed by atoms with Gasteiger partial charge >= 0.3 is 6.18 Å². The minimum atomic E-state index is -4.40. The number of benzene rings is 4. The van der Waals surface area contributed by atoms with Crippen molar-refractivity contribution in [2.75, 3.05) is 0 Å². The number of rotatable bonds is 7. The number of hydrogen-bond donors (Lipinski definition) is 4. The van der Waals surface area contributed by atoms with Crippen molar-refractivity contribution in [1.29, 1.82) is 0 Å². The van der Waals surface area contributed by atoms with Gasteiger partial charge in [-0.3, -0.25) is 10.1 Å².